The summed E-state index contributed by atoms with van der Waals surface area (Å²) < 4.78 is 0. The maximum absolute atomic E-state index is 10.0. The van der Waals surface area contributed by atoms with Crippen molar-refractivity contribution in [1.29, 1.82) is 0 Å². The minimum absolute atomic E-state index is 0.00441. The zero-order valence-corrected chi connectivity index (χ0v) is 14.1. The van der Waals surface area contributed by atoms with Crippen LogP contribution in [0.15, 0.2) is 0 Å². The van der Waals surface area contributed by atoms with Gasteiger partial charge in [0.15, 0.2) is 0 Å². The second kappa shape index (κ2) is 11.6. The van der Waals surface area contributed by atoms with Gasteiger partial charge in [-0.15, -0.1) is 0 Å². The van der Waals surface area contributed by atoms with E-state index in [1.165, 1.54) is 83.5 Å². The molecular weight excluding hydrogens is 244 g/mol. The highest BCUT2D eigenvalue weighted by Crippen LogP contribution is 2.32. The summed E-state index contributed by atoms with van der Waals surface area (Å²) in [6.45, 7) is 4.63. The SMILES string of the molecule is CCCCCCCCCCCCC1CC(C)CCC1O. The first kappa shape index (κ1) is 18.0. The van der Waals surface area contributed by atoms with Gasteiger partial charge in [0.1, 0.15) is 0 Å². The molecule has 0 spiro atoms. The second-order valence-corrected chi connectivity index (χ2v) is 7.22. The van der Waals surface area contributed by atoms with Crippen LogP contribution >= 0.6 is 0 Å². The molecule has 1 saturated carbocycles. The van der Waals surface area contributed by atoms with Gasteiger partial charge in [0.2, 0.25) is 0 Å². The molecule has 1 N–H and O–H groups in total. The Labute approximate surface area is 127 Å². The number of aliphatic hydroxyl groups excluding tert-OH is 1. The maximum atomic E-state index is 10.0. The van der Waals surface area contributed by atoms with Gasteiger partial charge in [-0.3, -0.25) is 0 Å². The Balaban J connectivity index is 1.86. The Kier molecular flexibility index (Phi) is 10.4. The predicted octanol–water partition coefficient (Wildman–Crippen LogP) is 6.09. The van der Waals surface area contributed by atoms with Crippen molar-refractivity contribution in [2.75, 3.05) is 0 Å². The highest BCUT2D eigenvalue weighted by molar-refractivity contribution is 4.77. The van der Waals surface area contributed by atoms with Gasteiger partial charge >= 0.3 is 0 Å². The third-order valence-electron chi connectivity index (χ3n) is 5.13. The van der Waals surface area contributed by atoms with Gasteiger partial charge in [0.25, 0.3) is 0 Å². The van der Waals surface area contributed by atoms with Gasteiger partial charge in [0.05, 0.1) is 6.10 Å². The molecular formula is C19H38O. The summed E-state index contributed by atoms with van der Waals surface area (Å²) in [6.07, 6.45) is 18.9. The standard InChI is InChI=1S/C19H38O/c1-3-4-5-6-7-8-9-10-11-12-13-18-16-17(2)14-15-19(18)20/h17-20H,3-16H2,1-2H3. The van der Waals surface area contributed by atoms with E-state index in [0.717, 1.165) is 12.3 Å². The number of unbranched alkanes of at least 4 members (excludes halogenated alkanes) is 9. The number of rotatable bonds is 11. The van der Waals surface area contributed by atoms with Gasteiger partial charge < -0.3 is 5.11 Å². The number of hydrogen-bond acceptors (Lipinski definition) is 1. The van der Waals surface area contributed by atoms with E-state index >= 15 is 0 Å². The van der Waals surface area contributed by atoms with Gasteiger partial charge in [-0.1, -0.05) is 78.1 Å². The van der Waals surface area contributed by atoms with Gasteiger partial charge in [-0.2, -0.15) is 0 Å². The number of aliphatic hydroxyl groups is 1. The molecule has 1 aliphatic rings. The van der Waals surface area contributed by atoms with Crippen LogP contribution in [0.4, 0.5) is 0 Å². The van der Waals surface area contributed by atoms with E-state index < -0.39 is 0 Å². The predicted molar refractivity (Wildman–Crippen MR) is 89.0 cm³/mol. The van der Waals surface area contributed by atoms with E-state index in [1.54, 1.807) is 0 Å². The fraction of sp³-hybridized carbons (Fsp3) is 1.00. The van der Waals surface area contributed by atoms with E-state index in [-0.39, 0.29) is 6.10 Å². The first-order valence-electron chi connectivity index (χ1n) is 9.42. The molecule has 120 valence electrons. The fourth-order valence-corrected chi connectivity index (χ4v) is 3.69. The molecule has 0 radical (unpaired) electrons. The summed E-state index contributed by atoms with van der Waals surface area (Å²) >= 11 is 0. The van der Waals surface area contributed by atoms with Crippen molar-refractivity contribution in [3.8, 4) is 0 Å². The van der Waals surface area contributed by atoms with Crippen LogP contribution in [-0.4, -0.2) is 11.2 Å². The topological polar surface area (TPSA) is 20.2 Å². The molecule has 1 heteroatoms. The van der Waals surface area contributed by atoms with Gasteiger partial charge in [0, 0.05) is 0 Å². The zero-order valence-electron chi connectivity index (χ0n) is 14.1. The molecule has 0 heterocycles. The normalized spacial score (nSPS) is 26.9. The molecule has 1 rings (SSSR count). The lowest BCUT2D eigenvalue weighted by atomic mass is 9.78. The summed E-state index contributed by atoms with van der Waals surface area (Å²) in [5.41, 5.74) is 0. The van der Waals surface area contributed by atoms with E-state index in [9.17, 15) is 5.11 Å². The Bertz CT molecular complexity index is 214. The minimum atomic E-state index is 0.00441. The van der Waals surface area contributed by atoms with Crippen molar-refractivity contribution in [1.82, 2.24) is 0 Å². The number of hydrogen-bond donors (Lipinski definition) is 1. The quantitative estimate of drug-likeness (QED) is 0.454. The third kappa shape index (κ3) is 8.29. The minimum Gasteiger partial charge on any atom is -0.393 e. The summed E-state index contributed by atoms with van der Waals surface area (Å²) in [5.74, 6) is 1.44. The summed E-state index contributed by atoms with van der Waals surface area (Å²) in [7, 11) is 0. The van der Waals surface area contributed by atoms with Crippen LogP contribution in [0.25, 0.3) is 0 Å². The van der Waals surface area contributed by atoms with Crippen LogP contribution in [0.1, 0.15) is 104 Å². The van der Waals surface area contributed by atoms with E-state index in [0.29, 0.717) is 5.92 Å². The van der Waals surface area contributed by atoms with Crippen LogP contribution in [-0.2, 0) is 0 Å². The van der Waals surface area contributed by atoms with E-state index in [4.69, 9.17) is 0 Å². The van der Waals surface area contributed by atoms with Crippen molar-refractivity contribution in [3.05, 3.63) is 0 Å². The van der Waals surface area contributed by atoms with Crippen molar-refractivity contribution < 1.29 is 5.11 Å². The Morgan fingerprint density at radius 1 is 0.800 bits per heavy atom. The van der Waals surface area contributed by atoms with Crippen LogP contribution in [0.3, 0.4) is 0 Å². The van der Waals surface area contributed by atoms with Crippen LogP contribution in [0.5, 0.6) is 0 Å². The molecule has 0 aromatic carbocycles. The lowest BCUT2D eigenvalue weighted by molar-refractivity contribution is 0.0461. The van der Waals surface area contributed by atoms with Crippen LogP contribution in [0, 0.1) is 11.8 Å². The molecule has 3 unspecified atom stereocenters. The van der Waals surface area contributed by atoms with Crippen molar-refractivity contribution in [2.24, 2.45) is 11.8 Å². The molecule has 3 atom stereocenters. The highest BCUT2D eigenvalue weighted by atomic mass is 16.3. The monoisotopic (exact) mass is 282 g/mol. The molecule has 0 amide bonds. The molecule has 1 aliphatic carbocycles. The summed E-state index contributed by atoms with van der Waals surface area (Å²) in [5, 5.41) is 10.0. The maximum Gasteiger partial charge on any atom is 0.0568 e. The second-order valence-electron chi connectivity index (χ2n) is 7.22. The van der Waals surface area contributed by atoms with Crippen LogP contribution in [0.2, 0.25) is 0 Å². The molecule has 0 aromatic heterocycles. The average Bonchev–Trinajstić information content (AvgIpc) is 2.44. The lowest BCUT2D eigenvalue weighted by Gasteiger charge is -2.31. The average molecular weight is 283 g/mol. The zero-order chi connectivity index (χ0) is 14.6. The molecule has 0 bridgehead atoms. The lowest BCUT2D eigenvalue weighted by Crippen LogP contribution is -2.28. The highest BCUT2D eigenvalue weighted by Gasteiger charge is 2.26. The van der Waals surface area contributed by atoms with E-state index in [1.807, 2.05) is 0 Å². The van der Waals surface area contributed by atoms with E-state index in [2.05, 4.69) is 13.8 Å². The van der Waals surface area contributed by atoms with Crippen molar-refractivity contribution in [2.45, 2.75) is 110 Å². The molecule has 1 nitrogen and oxygen atoms in total. The first-order valence-corrected chi connectivity index (χ1v) is 9.42. The fourth-order valence-electron chi connectivity index (χ4n) is 3.69. The molecule has 20 heavy (non-hydrogen) atoms. The molecule has 0 saturated heterocycles. The third-order valence-corrected chi connectivity index (χ3v) is 5.13. The smallest absolute Gasteiger partial charge is 0.0568 e. The Morgan fingerprint density at radius 2 is 1.35 bits per heavy atom. The molecule has 0 aliphatic heterocycles. The molecule has 0 aromatic rings. The molecule has 1 fully saturated rings. The Morgan fingerprint density at radius 3 is 1.95 bits per heavy atom. The van der Waals surface area contributed by atoms with Crippen molar-refractivity contribution >= 4 is 0 Å². The largest absolute Gasteiger partial charge is 0.393 e. The Hall–Kier alpha value is -0.0400. The first-order chi connectivity index (χ1) is 9.74. The van der Waals surface area contributed by atoms with Gasteiger partial charge in [-0.05, 0) is 37.5 Å². The summed E-state index contributed by atoms with van der Waals surface area (Å²) in [6, 6.07) is 0. The van der Waals surface area contributed by atoms with Crippen molar-refractivity contribution in [3.63, 3.8) is 0 Å². The van der Waals surface area contributed by atoms with Crippen LogP contribution < -0.4 is 0 Å². The summed E-state index contributed by atoms with van der Waals surface area (Å²) in [4.78, 5) is 0. The van der Waals surface area contributed by atoms with Gasteiger partial charge in [-0.25, -0.2) is 0 Å².